The van der Waals surface area contributed by atoms with Gasteiger partial charge in [-0.05, 0) is 37.3 Å². The third kappa shape index (κ3) is 5.85. The minimum Gasteiger partial charge on any atom is -0.481 e. The number of carboxylic acid groups (broad SMARTS) is 1. The molecule has 0 radical (unpaired) electrons. The monoisotopic (exact) mass is 372 g/mol. The number of ether oxygens (including phenoxy) is 2. The van der Waals surface area contributed by atoms with Gasteiger partial charge in [0.05, 0.1) is 12.7 Å². The molecule has 1 aliphatic heterocycles. The SMILES string of the molecule is Cc1ccccc1C1COC(C(F)(F)F)OC1C/C=C\CCCC(=O)O. The molecule has 0 spiro atoms. The van der Waals surface area contributed by atoms with Gasteiger partial charge in [0.25, 0.3) is 6.29 Å². The van der Waals surface area contributed by atoms with Crippen LogP contribution in [0.25, 0.3) is 0 Å². The van der Waals surface area contributed by atoms with E-state index in [0.29, 0.717) is 19.3 Å². The molecule has 0 aliphatic carbocycles. The number of unbranched alkanes of at least 4 members (excludes halogenated alkanes) is 1. The normalized spacial score (nSPS) is 24.1. The molecular weight excluding hydrogens is 349 g/mol. The van der Waals surface area contributed by atoms with E-state index >= 15 is 0 Å². The second-order valence-electron chi connectivity index (χ2n) is 6.34. The first kappa shape index (κ1) is 20.5. The highest BCUT2D eigenvalue weighted by atomic mass is 19.4. The molecule has 0 bridgehead atoms. The van der Waals surface area contributed by atoms with Crippen LogP contribution in [0.15, 0.2) is 36.4 Å². The van der Waals surface area contributed by atoms with Crippen molar-refractivity contribution in [1.82, 2.24) is 0 Å². The van der Waals surface area contributed by atoms with Gasteiger partial charge in [-0.25, -0.2) is 0 Å². The summed E-state index contributed by atoms with van der Waals surface area (Å²) in [6.45, 7) is 1.84. The molecule has 3 atom stereocenters. The van der Waals surface area contributed by atoms with Crippen LogP contribution in [0.4, 0.5) is 13.2 Å². The molecule has 1 N–H and O–H groups in total. The van der Waals surface area contributed by atoms with E-state index in [-0.39, 0.29) is 18.9 Å². The zero-order valence-electron chi connectivity index (χ0n) is 14.5. The first-order chi connectivity index (χ1) is 12.3. The highest BCUT2D eigenvalue weighted by Crippen LogP contribution is 2.37. The Morgan fingerprint density at radius 3 is 2.69 bits per heavy atom. The summed E-state index contributed by atoms with van der Waals surface area (Å²) in [4.78, 5) is 10.5. The standard InChI is InChI=1S/C19H23F3O4/c1-13-8-6-7-9-14(13)15-12-25-18(19(20,21)22)26-16(15)10-4-2-3-5-11-17(23)24/h2,4,6-9,15-16,18H,3,5,10-12H2,1H3,(H,23,24)/b4-2-. The van der Waals surface area contributed by atoms with Crippen LogP contribution in [0, 0.1) is 6.92 Å². The maximum Gasteiger partial charge on any atom is 0.440 e. The molecule has 0 aromatic heterocycles. The van der Waals surface area contributed by atoms with Gasteiger partial charge < -0.3 is 14.6 Å². The Kier molecular flexibility index (Phi) is 7.23. The maximum atomic E-state index is 13.0. The van der Waals surface area contributed by atoms with Gasteiger partial charge in [0, 0.05) is 12.3 Å². The number of hydrogen-bond acceptors (Lipinski definition) is 3. The summed E-state index contributed by atoms with van der Waals surface area (Å²) < 4.78 is 49.0. The topological polar surface area (TPSA) is 55.8 Å². The number of aliphatic carboxylic acids is 1. The van der Waals surface area contributed by atoms with Gasteiger partial charge in [-0.3, -0.25) is 4.79 Å². The first-order valence-corrected chi connectivity index (χ1v) is 8.55. The maximum absolute atomic E-state index is 13.0. The fourth-order valence-electron chi connectivity index (χ4n) is 2.99. The number of carboxylic acids is 1. The fraction of sp³-hybridized carbons (Fsp3) is 0.526. The fourth-order valence-corrected chi connectivity index (χ4v) is 2.99. The number of aryl methyl sites for hydroxylation is 1. The van der Waals surface area contributed by atoms with Gasteiger partial charge in [0.15, 0.2) is 0 Å². The van der Waals surface area contributed by atoms with Crippen molar-refractivity contribution in [2.75, 3.05) is 6.61 Å². The highest BCUT2D eigenvalue weighted by molar-refractivity contribution is 5.66. The minimum absolute atomic E-state index is 0.0629. The number of carbonyl (C=O) groups is 1. The van der Waals surface area contributed by atoms with Crippen LogP contribution in [0.5, 0.6) is 0 Å². The number of allylic oxidation sites excluding steroid dienone is 1. The quantitative estimate of drug-likeness (QED) is 0.562. The molecule has 4 nitrogen and oxygen atoms in total. The first-order valence-electron chi connectivity index (χ1n) is 8.55. The van der Waals surface area contributed by atoms with Gasteiger partial charge in [-0.2, -0.15) is 13.2 Å². The number of halogens is 3. The molecule has 0 amide bonds. The van der Waals surface area contributed by atoms with Crippen LogP contribution in [0.2, 0.25) is 0 Å². The van der Waals surface area contributed by atoms with Crippen molar-refractivity contribution in [3.63, 3.8) is 0 Å². The zero-order valence-corrected chi connectivity index (χ0v) is 14.5. The molecule has 1 saturated heterocycles. The highest BCUT2D eigenvalue weighted by Gasteiger charge is 2.47. The second kappa shape index (κ2) is 9.19. The van der Waals surface area contributed by atoms with E-state index in [1.807, 2.05) is 31.2 Å². The van der Waals surface area contributed by atoms with Crippen LogP contribution in [0.1, 0.15) is 42.7 Å². The summed E-state index contributed by atoms with van der Waals surface area (Å²) in [5, 5.41) is 8.60. The van der Waals surface area contributed by atoms with Crippen molar-refractivity contribution in [1.29, 1.82) is 0 Å². The number of rotatable bonds is 7. The van der Waals surface area contributed by atoms with Crippen molar-refractivity contribution in [3.05, 3.63) is 47.5 Å². The Hall–Kier alpha value is -1.86. The van der Waals surface area contributed by atoms with Crippen molar-refractivity contribution in [2.24, 2.45) is 0 Å². The average Bonchev–Trinajstić information content (AvgIpc) is 2.57. The molecule has 26 heavy (non-hydrogen) atoms. The van der Waals surface area contributed by atoms with Gasteiger partial charge in [0.2, 0.25) is 0 Å². The molecule has 1 aliphatic rings. The van der Waals surface area contributed by atoms with Crippen LogP contribution in [0.3, 0.4) is 0 Å². The van der Waals surface area contributed by atoms with Gasteiger partial charge >= 0.3 is 12.1 Å². The molecular formula is C19H23F3O4. The van der Waals surface area contributed by atoms with Crippen LogP contribution in [-0.4, -0.2) is 36.3 Å². The van der Waals surface area contributed by atoms with Gasteiger partial charge in [0.1, 0.15) is 0 Å². The molecule has 1 aromatic carbocycles. The molecule has 1 fully saturated rings. The lowest BCUT2D eigenvalue weighted by molar-refractivity contribution is -0.344. The molecule has 0 saturated carbocycles. The Balaban J connectivity index is 2.05. The van der Waals surface area contributed by atoms with Crippen molar-refractivity contribution in [3.8, 4) is 0 Å². The van der Waals surface area contributed by atoms with E-state index in [9.17, 15) is 18.0 Å². The Bertz CT molecular complexity index is 627. The lowest BCUT2D eigenvalue weighted by Crippen LogP contribution is -2.45. The van der Waals surface area contributed by atoms with E-state index in [4.69, 9.17) is 14.6 Å². The summed E-state index contributed by atoms with van der Waals surface area (Å²) in [6.07, 6.45) is -2.46. The molecule has 7 heteroatoms. The van der Waals surface area contributed by atoms with Crippen LogP contribution < -0.4 is 0 Å². The summed E-state index contributed by atoms with van der Waals surface area (Å²) in [7, 11) is 0. The predicted octanol–water partition coefficient (Wildman–Crippen LogP) is 4.58. The summed E-state index contributed by atoms with van der Waals surface area (Å²) >= 11 is 0. The lowest BCUT2D eigenvalue weighted by atomic mass is 9.88. The summed E-state index contributed by atoms with van der Waals surface area (Å²) in [5.41, 5.74) is 1.89. The van der Waals surface area contributed by atoms with Crippen LogP contribution >= 0.6 is 0 Å². The average molecular weight is 372 g/mol. The summed E-state index contributed by atoms with van der Waals surface area (Å²) in [6, 6.07) is 7.50. The predicted molar refractivity (Wildman–Crippen MR) is 89.8 cm³/mol. The van der Waals surface area contributed by atoms with Gasteiger partial charge in [-0.15, -0.1) is 0 Å². The van der Waals surface area contributed by atoms with Crippen molar-refractivity contribution >= 4 is 5.97 Å². The van der Waals surface area contributed by atoms with Crippen molar-refractivity contribution < 1.29 is 32.5 Å². The van der Waals surface area contributed by atoms with Gasteiger partial charge in [-0.1, -0.05) is 36.4 Å². The molecule has 144 valence electrons. The molecule has 1 aromatic rings. The third-order valence-electron chi connectivity index (χ3n) is 4.33. The van der Waals surface area contributed by atoms with E-state index in [2.05, 4.69) is 0 Å². The Labute approximate surface area is 150 Å². The zero-order chi connectivity index (χ0) is 19.2. The number of alkyl halides is 3. The molecule has 1 heterocycles. The molecule has 2 rings (SSSR count). The largest absolute Gasteiger partial charge is 0.481 e. The minimum atomic E-state index is -4.57. The second-order valence-corrected chi connectivity index (χ2v) is 6.34. The lowest BCUT2D eigenvalue weighted by Gasteiger charge is -2.37. The summed E-state index contributed by atoms with van der Waals surface area (Å²) in [5.74, 6) is -1.16. The van der Waals surface area contributed by atoms with E-state index < -0.39 is 24.5 Å². The van der Waals surface area contributed by atoms with E-state index in [1.165, 1.54) is 0 Å². The molecule has 3 unspecified atom stereocenters. The Morgan fingerprint density at radius 1 is 1.31 bits per heavy atom. The van der Waals surface area contributed by atoms with Crippen LogP contribution in [-0.2, 0) is 14.3 Å². The smallest absolute Gasteiger partial charge is 0.440 e. The Morgan fingerprint density at radius 2 is 2.04 bits per heavy atom. The van der Waals surface area contributed by atoms with E-state index in [1.54, 1.807) is 12.2 Å². The number of benzene rings is 1. The van der Waals surface area contributed by atoms with E-state index in [0.717, 1.165) is 11.1 Å². The third-order valence-corrected chi connectivity index (χ3v) is 4.33. The number of hydrogen-bond donors (Lipinski definition) is 1. The van der Waals surface area contributed by atoms with Crippen molar-refractivity contribution in [2.45, 2.75) is 57.1 Å².